The molecule has 15 nitrogen and oxygen atoms in total. The summed E-state index contributed by atoms with van der Waals surface area (Å²) in [4.78, 5) is 94.2. The van der Waals surface area contributed by atoms with E-state index in [9.17, 15) is 33.6 Å². The van der Waals surface area contributed by atoms with Crippen LogP contribution in [-0.4, -0.2) is 170 Å². The number of benzene rings is 1. The van der Waals surface area contributed by atoms with Gasteiger partial charge in [0.15, 0.2) is 0 Å². The smallest absolute Gasteiger partial charge is 0.311 e. The number of thioether (sulfide) groups is 3. The van der Waals surface area contributed by atoms with Crippen molar-refractivity contribution in [3.8, 4) is 0 Å². The highest BCUT2D eigenvalue weighted by Gasteiger charge is 2.40. The summed E-state index contributed by atoms with van der Waals surface area (Å²) in [5.74, 6) is -4.45. The average molecular weight is 1070 g/mol. The summed E-state index contributed by atoms with van der Waals surface area (Å²) in [6.07, 6.45) is 2.99. The Hall–Kier alpha value is -3.23. The summed E-state index contributed by atoms with van der Waals surface area (Å²) in [7, 11) is 10.0. The Morgan fingerprint density at radius 2 is 1.38 bits per heavy atom. The normalized spacial score (nSPS) is 16.5. The van der Waals surface area contributed by atoms with Crippen LogP contribution in [0.5, 0.6) is 0 Å². The molecular weight excluding hydrogens is 985 g/mol. The number of thiocarbonyl (C=S) groups is 1. The largest absolute Gasteiger partial charge is 0.464 e. The van der Waals surface area contributed by atoms with Gasteiger partial charge in [0, 0.05) is 29.4 Å². The third kappa shape index (κ3) is 24.6. The summed E-state index contributed by atoms with van der Waals surface area (Å²) < 4.78 is 24.5. The van der Waals surface area contributed by atoms with E-state index in [1.54, 1.807) is 51.2 Å². The maximum absolute atomic E-state index is 13.7. The number of imide groups is 1. The van der Waals surface area contributed by atoms with Gasteiger partial charge in [0.1, 0.15) is 43.0 Å². The van der Waals surface area contributed by atoms with Crippen LogP contribution in [0, 0.1) is 29.1 Å². The topological polar surface area (TPSA) is 172 Å². The molecular formula is C52H86N4O11S4+2. The highest BCUT2D eigenvalue weighted by Crippen LogP contribution is 2.42. The van der Waals surface area contributed by atoms with Crippen LogP contribution in [0.15, 0.2) is 30.3 Å². The van der Waals surface area contributed by atoms with E-state index in [4.69, 9.17) is 31.2 Å². The van der Waals surface area contributed by atoms with Gasteiger partial charge in [0.2, 0.25) is 17.7 Å². The molecule has 1 aliphatic rings. The lowest BCUT2D eigenvalue weighted by Gasteiger charge is -2.30. The van der Waals surface area contributed by atoms with Gasteiger partial charge >= 0.3 is 23.9 Å². The maximum atomic E-state index is 13.7. The summed E-state index contributed by atoms with van der Waals surface area (Å²) in [5, 5.41) is 2.26. The summed E-state index contributed by atoms with van der Waals surface area (Å²) in [6.45, 7) is 17.0. The number of carbonyl (C=O) groups is 7. The number of hydrogen-bond acceptors (Lipinski definition) is 15. The molecule has 1 saturated heterocycles. The Kier molecular flexibility index (Phi) is 28.3. The number of carbonyl (C=O) groups excluding carboxylic acids is 7. The molecule has 6 unspecified atom stereocenters. The number of ether oxygens (including phenoxy) is 4. The second kappa shape index (κ2) is 31.5. The molecule has 19 heteroatoms. The first kappa shape index (κ1) is 63.9. The monoisotopic (exact) mass is 1070 g/mol. The van der Waals surface area contributed by atoms with Gasteiger partial charge in [-0.1, -0.05) is 81.5 Å². The van der Waals surface area contributed by atoms with Crippen LogP contribution in [0.4, 0.5) is 0 Å². The lowest BCUT2D eigenvalue weighted by molar-refractivity contribution is -0.888. The van der Waals surface area contributed by atoms with E-state index in [0.29, 0.717) is 28.5 Å². The fourth-order valence-corrected chi connectivity index (χ4v) is 11.4. The minimum absolute atomic E-state index is 0.00398. The number of hydrogen-bond donors (Lipinski definition) is 1. The number of unbranched alkanes of at least 4 members (excludes halogenated alkanes) is 1. The van der Waals surface area contributed by atoms with Gasteiger partial charge in [0.05, 0.1) is 76.7 Å². The van der Waals surface area contributed by atoms with E-state index in [1.807, 2.05) is 79.4 Å². The molecule has 1 heterocycles. The zero-order chi connectivity index (χ0) is 53.5. The average Bonchev–Trinajstić information content (AvgIpc) is 3.56. The summed E-state index contributed by atoms with van der Waals surface area (Å²) >= 11 is 10.2. The van der Waals surface area contributed by atoms with E-state index in [-0.39, 0.29) is 81.6 Å². The predicted molar refractivity (Wildman–Crippen MR) is 289 cm³/mol. The van der Waals surface area contributed by atoms with Crippen molar-refractivity contribution in [2.24, 2.45) is 29.1 Å². The number of esters is 4. The molecule has 6 atom stereocenters. The van der Waals surface area contributed by atoms with Crippen molar-refractivity contribution >= 4 is 92.6 Å². The van der Waals surface area contributed by atoms with E-state index in [0.717, 1.165) is 39.1 Å². The van der Waals surface area contributed by atoms with E-state index >= 15 is 0 Å². The first-order valence-corrected chi connectivity index (χ1v) is 28.5. The van der Waals surface area contributed by atoms with E-state index in [2.05, 4.69) is 19.2 Å². The Labute approximate surface area is 443 Å². The standard InChI is InChI=1S/C52H85N4O11S4/c1-14-16-29-70-51(68)71-42(39-20-18-17-19-21-39)33-41(45(58)53-36(3)4)35-52(7,8)50(63)67-28-30-69-43-34-44(57)54(46(43)59)22-25-64-47(60)37(5)31-40(49(62)66-26-23-55(9,10)11)32-38(6)48(61)65-27-24-56(12,13)15-2/h17-21,36-38,40-43H,14-16,22-35H2,1-13H3/q+1/p+1. The number of likely N-dealkylation sites (N-methyl/N-ethyl adjacent to an activating group) is 2. The van der Waals surface area contributed by atoms with Crippen molar-refractivity contribution in [2.45, 2.75) is 117 Å². The van der Waals surface area contributed by atoms with Crippen molar-refractivity contribution in [1.29, 1.82) is 0 Å². The van der Waals surface area contributed by atoms with Gasteiger partial charge in [-0.15, -0.1) is 23.5 Å². The highest BCUT2D eigenvalue weighted by molar-refractivity contribution is 8.47. The molecule has 1 aromatic carbocycles. The SMILES string of the molecule is CCCCSC(=S)SC(CC(CC(C)(C)C(=O)OCCSC1CC(=O)N(CCOC(=O)C(C)CC(CC(C)C(=O)OCC[N+](C)(C)CC)C(=O)OCC[N+](C)(C)C)C1=O)C(=O)NC(C)C)c1ccccc1. The third-order valence-electron chi connectivity index (χ3n) is 12.4. The van der Waals surface area contributed by atoms with E-state index < -0.39 is 70.0 Å². The maximum Gasteiger partial charge on any atom is 0.311 e. The van der Waals surface area contributed by atoms with Gasteiger partial charge < -0.3 is 33.2 Å². The number of nitrogens with zero attached hydrogens (tertiary/aromatic N) is 3. The minimum atomic E-state index is -1.02. The number of likely N-dealkylation sites (tertiary alicyclic amines) is 1. The van der Waals surface area contributed by atoms with Crippen LogP contribution in [0.25, 0.3) is 0 Å². The fourth-order valence-electron chi connectivity index (χ4n) is 7.50. The Morgan fingerprint density at radius 3 is 1.96 bits per heavy atom. The minimum Gasteiger partial charge on any atom is -0.464 e. The number of nitrogens with one attached hydrogen (secondary N) is 1. The second-order valence-corrected chi connectivity index (χ2v) is 26.0. The lowest BCUT2D eigenvalue weighted by atomic mass is 9.80. The number of amides is 3. The van der Waals surface area contributed by atoms with Crippen molar-refractivity contribution in [3.63, 3.8) is 0 Å². The van der Waals surface area contributed by atoms with Gasteiger partial charge in [-0.3, -0.25) is 38.5 Å². The first-order valence-electron chi connectivity index (χ1n) is 25.1. The van der Waals surface area contributed by atoms with Crippen LogP contribution in [0.3, 0.4) is 0 Å². The predicted octanol–water partition coefficient (Wildman–Crippen LogP) is 7.73. The first-order chi connectivity index (χ1) is 33.2. The fraction of sp³-hybridized carbons (Fsp3) is 0.731. The lowest BCUT2D eigenvalue weighted by Crippen LogP contribution is -2.42. The van der Waals surface area contributed by atoms with Gasteiger partial charge in [-0.05, 0) is 78.0 Å². The molecule has 0 saturated carbocycles. The molecule has 1 fully saturated rings. The van der Waals surface area contributed by atoms with Gasteiger partial charge in [-0.2, -0.15) is 0 Å². The van der Waals surface area contributed by atoms with Crippen molar-refractivity contribution in [3.05, 3.63) is 35.9 Å². The Balaban J connectivity index is 1.97. The van der Waals surface area contributed by atoms with Crippen LogP contribution >= 0.6 is 47.5 Å². The Morgan fingerprint density at radius 1 is 0.789 bits per heavy atom. The molecule has 1 N–H and O–H groups in total. The second-order valence-electron chi connectivity index (χ2n) is 21.2. The molecule has 71 heavy (non-hydrogen) atoms. The quantitative estimate of drug-likeness (QED) is 0.0181. The van der Waals surface area contributed by atoms with Gasteiger partial charge in [0.25, 0.3) is 0 Å². The van der Waals surface area contributed by atoms with Crippen LogP contribution in [0.2, 0.25) is 0 Å². The van der Waals surface area contributed by atoms with E-state index in [1.165, 1.54) is 11.8 Å². The van der Waals surface area contributed by atoms with Crippen molar-refractivity contribution < 1.29 is 61.5 Å². The Bertz CT molecular complexity index is 1900. The molecule has 1 aromatic rings. The molecule has 1 aliphatic heterocycles. The molecule has 2 rings (SSSR count). The number of quaternary nitrogens is 2. The third-order valence-corrected chi connectivity index (χ3v) is 16.5. The zero-order valence-electron chi connectivity index (χ0n) is 44.9. The molecule has 3 amide bonds. The highest BCUT2D eigenvalue weighted by atomic mass is 32.2. The van der Waals surface area contributed by atoms with Crippen LogP contribution < -0.4 is 5.32 Å². The molecule has 0 spiro atoms. The molecule has 0 aromatic heterocycles. The molecule has 0 aliphatic carbocycles. The van der Waals surface area contributed by atoms with Crippen LogP contribution in [0.1, 0.15) is 111 Å². The van der Waals surface area contributed by atoms with Crippen LogP contribution in [-0.2, 0) is 52.5 Å². The molecule has 0 radical (unpaired) electrons. The number of rotatable bonds is 33. The molecule has 402 valence electrons. The zero-order valence-corrected chi connectivity index (χ0v) is 48.2. The van der Waals surface area contributed by atoms with Crippen molar-refractivity contribution in [1.82, 2.24) is 10.2 Å². The summed E-state index contributed by atoms with van der Waals surface area (Å²) in [6, 6.07) is 9.88. The molecule has 0 bridgehead atoms. The van der Waals surface area contributed by atoms with Gasteiger partial charge in [-0.25, -0.2) is 0 Å². The summed E-state index contributed by atoms with van der Waals surface area (Å²) in [5.41, 5.74) is 0.0321. The van der Waals surface area contributed by atoms with Crippen molar-refractivity contribution in [2.75, 3.05) is 99.4 Å².